The largest absolute Gasteiger partial charge is 0.416 e. The average Bonchev–Trinajstić information content (AvgIpc) is 3.19. The van der Waals surface area contributed by atoms with Crippen LogP contribution in [-0.4, -0.2) is 46.1 Å². The molecule has 0 radical (unpaired) electrons. The Labute approximate surface area is 173 Å². The fourth-order valence-corrected chi connectivity index (χ4v) is 3.60. The zero-order valence-corrected chi connectivity index (χ0v) is 16.7. The highest BCUT2D eigenvalue weighted by Gasteiger charge is 2.31. The smallest absolute Gasteiger partial charge is 0.338 e. The zero-order chi connectivity index (χ0) is 21.1. The Balaban J connectivity index is 1.34. The minimum absolute atomic E-state index is 0.175. The summed E-state index contributed by atoms with van der Waals surface area (Å²) in [6.07, 6.45) is -4.40. The van der Waals surface area contributed by atoms with E-state index in [2.05, 4.69) is 51.1 Å². The first-order chi connectivity index (χ1) is 14.4. The van der Waals surface area contributed by atoms with E-state index in [4.69, 9.17) is 4.52 Å². The van der Waals surface area contributed by atoms with Crippen molar-refractivity contribution in [2.75, 3.05) is 26.2 Å². The highest BCUT2D eigenvalue weighted by molar-refractivity contribution is 5.55. The van der Waals surface area contributed by atoms with Crippen molar-refractivity contribution in [3.05, 3.63) is 71.1 Å². The van der Waals surface area contributed by atoms with E-state index in [1.165, 1.54) is 17.2 Å². The third kappa shape index (κ3) is 4.88. The highest BCUT2D eigenvalue weighted by atomic mass is 19.4. The Kier molecular flexibility index (Phi) is 5.87. The van der Waals surface area contributed by atoms with E-state index in [1.54, 1.807) is 6.07 Å². The van der Waals surface area contributed by atoms with Crippen molar-refractivity contribution in [1.82, 2.24) is 19.9 Å². The van der Waals surface area contributed by atoms with Crippen LogP contribution >= 0.6 is 0 Å². The molecule has 1 aliphatic heterocycles. The van der Waals surface area contributed by atoms with Gasteiger partial charge in [0.25, 0.3) is 0 Å². The monoisotopic (exact) mass is 416 g/mol. The number of rotatable bonds is 5. The molecule has 1 aromatic heterocycles. The molecule has 0 aliphatic carbocycles. The fraction of sp³-hybridized carbons (Fsp3) is 0.364. The minimum Gasteiger partial charge on any atom is -0.338 e. The molecule has 158 valence electrons. The van der Waals surface area contributed by atoms with Crippen LogP contribution in [0, 0.1) is 6.92 Å². The number of piperazine rings is 1. The molecule has 0 amide bonds. The standard InChI is InChI=1S/C22H23F3N4O/c1-16-5-2-3-6-18(16)14-28-9-11-29(12-10-28)15-20-26-21(27-30-20)17-7-4-8-19(13-17)22(23,24)25/h2-8,13H,9-12,14-15H2,1H3. The van der Waals surface area contributed by atoms with E-state index in [-0.39, 0.29) is 5.82 Å². The predicted molar refractivity (Wildman–Crippen MR) is 106 cm³/mol. The molecule has 1 saturated heterocycles. The third-order valence-corrected chi connectivity index (χ3v) is 5.40. The summed E-state index contributed by atoms with van der Waals surface area (Å²) in [5.74, 6) is 0.587. The number of hydrogen-bond acceptors (Lipinski definition) is 5. The van der Waals surface area contributed by atoms with Gasteiger partial charge in [0.2, 0.25) is 11.7 Å². The van der Waals surface area contributed by atoms with E-state index < -0.39 is 11.7 Å². The summed E-state index contributed by atoms with van der Waals surface area (Å²) in [6.45, 7) is 7.15. The van der Waals surface area contributed by atoms with Crippen molar-refractivity contribution in [3.8, 4) is 11.4 Å². The molecule has 30 heavy (non-hydrogen) atoms. The lowest BCUT2D eigenvalue weighted by atomic mass is 10.1. The lowest BCUT2D eigenvalue weighted by Crippen LogP contribution is -2.45. The number of alkyl halides is 3. The van der Waals surface area contributed by atoms with Gasteiger partial charge in [-0.1, -0.05) is 41.6 Å². The molecule has 1 fully saturated rings. The molecule has 3 aromatic rings. The Morgan fingerprint density at radius 1 is 0.933 bits per heavy atom. The maximum atomic E-state index is 12.9. The third-order valence-electron chi connectivity index (χ3n) is 5.40. The summed E-state index contributed by atoms with van der Waals surface area (Å²) >= 11 is 0. The van der Waals surface area contributed by atoms with Gasteiger partial charge >= 0.3 is 6.18 Å². The van der Waals surface area contributed by atoms with Gasteiger partial charge in [-0.2, -0.15) is 18.2 Å². The Morgan fingerprint density at radius 3 is 2.33 bits per heavy atom. The Morgan fingerprint density at radius 2 is 1.63 bits per heavy atom. The topological polar surface area (TPSA) is 45.4 Å². The molecule has 0 N–H and O–H groups in total. The molecule has 2 heterocycles. The average molecular weight is 416 g/mol. The Bertz CT molecular complexity index is 994. The molecular weight excluding hydrogens is 393 g/mol. The highest BCUT2D eigenvalue weighted by Crippen LogP contribution is 2.31. The number of aromatic nitrogens is 2. The molecule has 0 atom stereocenters. The quantitative estimate of drug-likeness (QED) is 0.618. The normalized spacial score (nSPS) is 16.1. The van der Waals surface area contributed by atoms with Crippen LogP contribution in [-0.2, 0) is 19.3 Å². The molecule has 8 heteroatoms. The lowest BCUT2D eigenvalue weighted by Gasteiger charge is -2.34. The van der Waals surface area contributed by atoms with Gasteiger partial charge in [0.15, 0.2) is 0 Å². The fourth-order valence-electron chi connectivity index (χ4n) is 3.60. The van der Waals surface area contributed by atoms with Crippen LogP contribution in [0.15, 0.2) is 53.1 Å². The maximum Gasteiger partial charge on any atom is 0.416 e. The first kappa shape index (κ1) is 20.6. The van der Waals surface area contributed by atoms with E-state index in [0.29, 0.717) is 18.0 Å². The number of benzene rings is 2. The predicted octanol–water partition coefficient (Wildman–Crippen LogP) is 4.38. The van der Waals surface area contributed by atoms with E-state index >= 15 is 0 Å². The van der Waals surface area contributed by atoms with Crippen molar-refractivity contribution >= 4 is 0 Å². The Hall–Kier alpha value is -2.71. The van der Waals surface area contributed by atoms with Crippen molar-refractivity contribution < 1.29 is 17.7 Å². The zero-order valence-electron chi connectivity index (χ0n) is 16.7. The van der Waals surface area contributed by atoms with Gasteiger partial charge in [-0.15, -0.1) is 0 Å². The van der Waals surface area contributed by atoms with Crippen LogP contribution in [0.3, 0.4) is 0 Å². The summed E-state index contributed by atoms with van der Waals surface area (Å²) < 4.78 is 44.0. The molecule has 2 aromatic carbocycles. The van der Waals surface area contributed by atoms with Gasteiger partial charge < -0.3 is 4.52 Å². The second-order valence-electron chi connectivity index (χ2n) is 7.57. The summed E-state index contributed by atoms with van der Waals surface area (Å²) in [7, 11) is 0. The minimum atomic E-state index is -4.40. The van der Waals surface area contributed by atoms with E-state index in [1.807, 2.05) is 0 Å². The van der Waals surface area contributed by atoms with Crippen LogP contribution in [0.25, 0.3) is 11.4 Å². The summed E-state index contributed by atoms with van der Waals surface area (Å²) in [5, 5.41) is 3.87. The van der Waals surface area contributed by atoms with Crippen molar-refractivity contribution in [3.63, 3.8) is 0 Å². The van der Waals surface area contributed by atoms with Gasteiger partial charge in [-0.05, 0) is 30.2 Å². The molecule has 5 nitrogen and oxygen atoms in total. The molecule has 0 unspecified atom stereocenters. The molecule has 4 rings (SSSR count). The molecule has 0 spiro atoms. The van der Waals surface area contributed by atoms with Crippen LogP contribution in [0.2, 0.25) is 0 Å². The molecule has 0 saturated carbocycles. The maximum absolute atomic E-state index is 12.9. The number of nitrogens with zero attached hydrogens (tertiary/aromatic N) is 4. The molecule has 0 bridgehead atoms. The van der Waals surface area contributed by atoms with Gasteiger partial charge in [0.05, 0.1) is 12.1 Å². The van der Waals surface area contributed by atoms with Crippen LogP contribution < -0.4 is 0 Å². The first-order valence-corrected chi connectivity index (χ1v) is 9.88. The SMILES string of the molecule is Cc1ccccc1CN1CCN(Cc2nc(-c3cccc(C(F)(F)F)c3)no2)CC1. The molecular formula is C22H23F3N4O. The van der Waals surface area contributed by atoms with Crippen LogP contribution in [0.5, 0.6) is 0 Å². The van der Waals surface area contributed by atoms with Gasteiger partial charge in [0.1, 0.15) is 0 Å². The summed E-state index contributed by atoms with van der Waals surface area (Å²) in [5.41, 5.74) is 2.21. The summed E-state index contributed by atoms with van der Waals surface area (Å²) in [4.78, 5) is 8.93. The number of hydrogen-bond donors (Lipinski definition) is 0. The lowest BCUT2D eigenvalue weighted by molar-refractivity contribution is -0.137. The van der Waals surface area contributed by atoms with Crippen molar-refractivity contribution in [2.24, 2.45) is 0 Å². The second kappa shape index (κ2) is 8.57. The van der Waals surface area contributed by atoms with Gasteiger partial charge in [-0.3, -0.25) is 9.80 Å². The summed E-state index contributed by atoms with van der Waals surface area (Å²) in [6, 6.07) is 13.4. The van der Waals surface area contributed by atoms with Gasteiger partial charge in [-0.25, -0.2) is 0 Å². The van der Waals surface area contributed by atoms with Crippen molar-refractivity contribution in [1.29, 1.82) is 0 Å². The molecule has 1 aliphatic rings. The van der Waals surface area contributed by atoms with E-state index in [0.717, 1.165) is 44.9 Å². The first-order valence-electron chi connectivity index (χ1n) is 9.88. The van der Waals surface area contributed by atoms with E-state index in [9.17, 15) is 13.2 Å². The van der Waals surface area contributed by atoms with Crippen molar-refractivity contribution in [2.45, 2.75) is 26.2 Å². The second-order valence-corrected chi connectivity index (χ2v) is 7.57. The number of halogens is 3. The number of aryl methyl sites for hydroxylation is 1. The van der Waals surface area contributed by atoms with Gasteiger partial charge in [0, 0.05) is 38.3 Å². The van der Waals surface area contributed by atoms with Crippen LogP contribution in [0.4, 0.5) is 13.2 Å². The van der Waals surface area contributed by atoms with Crippen LogP contribution in [0.1, 0.15) is 22.6 Å².